The van der Waals surface area contributed by atoms with Crippen molar-refractivity contribution in [2.24, 2.45) is 0 Å². The van der Waals surface area contributed by atoms with E-state index in [1.807, 2.05) is 0 Å². The molecule has 178 valence electrons. The molecule has 3 aromatic carbocycles. The number of fused-ring (bicyclic) bond motifs is 1. The molecule has 0 spiro atoms. The molecule has 5 nitrogen and oxygen atoms in total. The fourth-order valence-corrected chi connectivity index (χ4v) is 5.68. The van der Waals surface area contributed by atoms with Crippen molar-refractivity contribution in [3.63, 3.8) is 0 Å². The van der Waals surface area contributed by atoms with E-state index in [4.69, 9.17) is 11.6 Å². The van der Waals surface area contributed by atoms with Gasteiger partial charge in [0.25, 0.3) is 15.9 Å². The molecule has 1 aliphatic carbocycles. The Bertz CT molecular complexity index is 1270. The lowest BCUT2D eigenvalue weighted by atomic mass is 9.88. The van der Waals surface area contributed by atoms with Gasteiger partial charge < -0.3 is 5.32 Å². The summed E-state index contributed by atoms with van der Waals surface area (Å²) in [4.78, 5) is 13.1. The zero-order chi connectivity index (χ0) is 24.3. The van der Waals surface area contributed by atoms with Crippen molar-refractivity contribution < 1.29 is 13.2 Å². The molecule has 0 radical (unpaired) electrons. The van der Waals surface area contributed by atoms with Crippen LogP contribution in [-0.4, -0.2) is 21.4 Å². The first kappa shape index (κ1) is 24.3. The van der Waals surface area contributed by atoms with Gasteiger partial charge in [-0.2, -0.15) is 0 Å². The fraction of sp³-hybridized carbons (Fsp3) is 0.296. The number of aryl methyl sites for hydroxylation is 2. The van der Waals surface area contributed by atoms with Crippen molar-refractivity contribution in [1.29, 1.82) is 0 Å². The molecule has 3 aromatic rings. The maximum absolute atomic E-state index is 13.0. The summed E-state index contributed by atoms with van der Waals surface area (Å²) in [6.45, 7) is 2.06. The second kappa shape index (κ2) is 10.2. The Hall–Kier alpha value is -2.83. The number of amides is 1. The quantitative estimate of drug-likeness (QED) is 0.441. The maximum atomic E-state index is 13.0. The van der Waals surface area contributed by atoms with E-state index in [2.05, 4.69) is 30.4 Å². The molecule has 1 unspecified atom stereocenters. The van der Waals surface area contributed by atoms with Gasteiger partial charge in [-0.25, -0.2) is 8.42 Å². The van der Waals surface area contributed by atoms with Gasteiger partial charge in [0, 0.05) is 17.6 Å². The summed E-state index contributed by atoms with van der Waals surface area (Å²) < 4.78 is 27.0. The minimum Gasteiger partial charge on any atom is -0.345 e. The lowest BCUT2D eigenvalue weighted by Gasteiger charge is -2.22. The number of hydrogen-bond acceptors (Lipinski definition) is 3. The van der Waals surface area contributed by atoms with Crippen LogP contribution in [0.1, 0.15) is 59.3 Å². The highest BCUT2D eigenvalue weighted by Crippen LogP contribution is 2.27. The van der Waals surface area contributed by atoms with Crippen LogP contribution < -0.4 is 9.62 Å². The van der Waals surface area contributed by atoms with Gasteiger partial charge in [-0.15, -0.1) is 0 Å². The second-order valence-corrected chi connectivity index (χ2v) is 11.0. The monoisotopic (exact) mass is 496 g/mol. The molecule has 4 rings (SSSR count). The predicted molar refractivity (Wildman–Crippen MR) is 137 cm³/mol. The summed E-state index contributed by atoms with van der Waals surface area (Å²) in [5, 5.41) is 3.60. The Labute approximate surface area is 206 Å². The molecule has 0 fully saturated rings. The summed E-state index contributed by atoms with van der Waals surface area (Å²) in [5.74, 6) is -0.181. The van der Waals surface area contributed by atoms with E-state index in [1.165, 1.54) is 47.5 Å². The second-order valence-electron chi connectivity index (χ2n) is 8.64. The summed E-state index contributed by atoms with van der Waals surface area (Å²) in [5.41, 5.74) is 4.89. The third kappa shape index (κ3) is 5.13. The van der Waals surface area contributed by atoms with Gasteiger partial charge in [-0.05, 0) is 97.3 Å². The standard InChI is InChI=1S/C27H29ClN2O3S/c1-3-26(22-9-8-19-6-4-5-7-21(19)18-22)29-27(31)20-10-14-24(15-11-20)30(2)34(32,33)25-16-12-23(28)13-17-25/h8-18,26H,3-7H2,1-2H3,(H,29,31). The van der Waals surface area contributed by atoms with Crippen molar-refractivity contribution in [2.75, 3.05) is 11.4 Å². The Kier molecular flexibility index (Phi) is 7.29. The molecule has 0 saturated carbocycles. The topological polar surface area (TPSA) is 66.5 Å². The van der Waals surface area contributed by atoms with Crippen molar-refractivity contribution in [2.45, 2.75) is 50.0 Å². The van der Waals surface area contributed by atoms with Crippen LogP contribution in [0.4, 0.5) is 5.69 Å². The van der Waals surface area contributed by atoms with Crippen molar-refractivity contribution in [1.82, 2.24) is 5.32 Å². The number of nitrogens with one attached hydrogen (secondary N) is 1. The molecule has 1 amide bonds. The third-order valence-corrected chi connectivity index (χ3v) is 8.51. The number of halogens is 1. The number of nitrogens with zero attached hydrogens (tertiary/aromatic N) is 1. The highest BCUT2D eigenvalue weighted by atomic mass is 35.5. The lowest BCUT2D eigenvalue weighted by Crippen LogP contribution is -2.29. The smallest absolute Gasteiger partial charge is 0.264 e. The van der Waals surface area contributed by atoms with Crippen molar-refractivity contribution in [3.8, 4) is 0 Å². The van der Waals surface area contributed by atoms with Crippen LogP contribution in [-0.2, 0) is 22.9 Å². The Morgan fingerprint density at radius 1 is 0.971 bits per heavy atom. The first-order valence-electron chi connectivity index (χ1n) is 11.6. The summed E-state index contributed by atoms with van der Waals surface area (Å²) >= 11 is 5.88. The highest BCUT2D eigenvalue weighted by Gasteiger charge is 2.22. The zero-order valence-electron chi connectivity index (χ0n) is 19.4. The van der Waals surface area contributed by atoms with Gasteiger partial charge in [0.1, 0.15) is 0 Å². The minimum atomic E-state index is -3.73. The number of hydrogen-bond donors (Lipinski definition) is 1. The van der Waals surface area contributed by atoms with Crippen LogP contribution in [0.2, 0.25) is 5.02 Å². The van der Waals surface area contributed by atoms with Crippen LogP contribution in [0.25, 0.3) is 0 Å². The normalized spacial score (nSPS) is 14.2. The van der Waals surface area contributed by atoms with Crippen LogP contribution in [0, 0.1) is 0 Å². The lowest BCUT2D eigenvalue weighted by molar-refractivity contribution is 0.0935. The van der Waals surface area contributed by atoms with E-state index in [0.29, 0.717) is 16.3 Å². The SMILES string of the molecule is CCC(NC(=O)c1ccc(N(C)S(=O)(=O)c2ccc(Cl)cc2)cc1)c1ccc2c(c1)CCCC2. The number of anilines is 1. The van der Waals surface area contributed by atoms with E-state index in [1.54, 1.807) is 36.4 Å². The van der Waals surface area contributed by atoms with Gasteiger partial charge in [-0.1, -0.05) is 36.7 Å². The first-order chi connectivity index (χ1) is 16.3. The Morgan fingerprint density at radius 2 is 1.62 bits per heavy atom. The molecule has 0 aromatic heterocycles. The molecule has 1 atom stereocenters. The van der Waals surface area contributed by atoms with Crippen LogP contribution >= 0.6 is 11.6 Å². The summed E-state index contributed by atoms with van der Waals surface area (Å²) in [6.07, 6.45) is 5.47. The molecule has 1 N–H and O–H groups in total. The van der Waals surface area contributed by atoms with Crippen LogP contribution in [0.15, 0.2) is 71.6 Å². The number of benzene rings is 3. The summed E-state index contributed by atoms with van der Waals surface area (Å²) in [6, 6.07) is 19.1. The average Bonchev–Trinajstić information content (AvgIpc) is 2.86. The molecule has 0 aliphatic heterocycles. The van der Waals surface area contributed by atoms with E-state index in [9.17, 15) is 13.2 Å². The maximum Gasteiger partial charge on any atom is 0.264 e. The Morgan fingerprint density at radius 3 is 2.26 bits per heavy atom. The molecular formula is C27H29ClN2O3S. The van der Waals surface area contributed by atoms with Gasteiger partial charge in [0.2, 0.25) is 0 Å². The van der Waals surface area contributed by atoms with E-state index in [0.717, 1.165) is 24.8 Å². The molecule has 1 aliphatic rings. The molecule has 34 heavy (non-hydrogen) atoms. The largest absolute Gasteiger partial charge is 0.345 e. The highest BCUT2D eigenvalue weighted by molar-refractivity contribution is 7.92. The first-order valence-corrected chi connectivity index (χ1v) is 13.4. The van der Waals surface area contributed by atoms with Crippen LogP contribution in [0.3, 0.4) is 0 Å². The average molecular weight is 497 g/mol. The summed E-state index contributed by atoms with van der Waals surface area (Å²) in [7, 11) is -2.25. The van der Waals surface area contributed by atoms with Gasteiger partial charge in [-0.3, -0.25) is 9.10 Å². The van der Waals surface area contributed by atoms with E-state index < -0.39 is 10.0 Å². The third-order valence-electron chi connectivity index (χ3n) is 6.45. The van der Waals surface area contributed by atoms with Crippen molar-refractivity contribution in [3.05, 3.63) is 94.0 Å². The van der Waals surface area contributed by atoms with Gasteiger partial charge in [0.15, 0.2) is 0 Å². The molecular weight excluding hydrogens is 468 g/mol. The number of rotatable bonds is 7. The molecule has 7 heteroatoms. The number of carbonyl (C=O) groups excluding carboxylic acids is 1. The molecule has 0 heterocycles. The van der Waals surface area contributed by atoms with E-state index >= 15 is 0 Å². The van der Waals surface area contributed by atoms with Crippen LogP contribution in [0.5, 0.6) is 0 Å². The predicted octanol–water partition coefficient (Wildman–Crippen LogP) is 5.93. The van der Waals surface area contributed by atoms with Gasteiger partial charge >= 0.3 is 0 Å². The zero-order valence-corrected chi connectivity index (χ0v) is 21.0. The molecule has 0 saturated heterocycles. The van der Waals surface area contributed by atoms with E-state index in [-0.39, 0.29) is 16.8 Å². The molecule has 0 bridgehead atoms. The number of sulfonamides is 1. The minimum absolute atomic E-state index is 0.0765. The number of carbonyl (C=O) groups is 1. The fourth-order valence-electron chi connectivity index (χ4n) is 4.36. The Balaban J connectivity index is 1.47. The van der Waals surface area contributed by atoms with Gasteiger partial charge in [0.05, 0.1) is 16.6 Å². The van der Waals surface area contributed by atoms with Crippen molar-refractivity contribution >= 4 is 33.2 Å².